The van der Waals surface area contributed by atoms with Crippen LogP contribution in [-0.2, 0) is 14.3 Å². The van der Waals surface area contributed by atoms with Gasteiger partial charge in [-0.05, 0) is 50.8 Å². The fourth-order valence-corrected chi connectivity index (χ4v) is 5.34. The van der Waals surface area contributed by atoms with E-state index in [-0.39, 0.29) is 54.2 Å². The van der Waals surface area contributed by atoms with E-state index in [1.54, 1.807) is 37.3 Å². The van der Waals surface area contributed by atoms with Crippen LogP contribution in [0.25, 0.3) is 0 Å². The lowest BCUT2D eigenvalue weighted by molar-refractivity contribution is -0.141. The van der Waals surface area contributed by atoms with E-state index >= 15 is 0 Å². The van der Waals surface area contributed by atoms with Crippen LogP contribution in [0.5, 0.6) is 5.75 Å². The average molecular weight is 500 g/mol. The van der Waals surface area contributed by atoms with Gasteiger partial charge in [0.2, 0.25) is 11.8 Å². The van der Waals surface area contributed by atoms with Gasteiger partial charge in [0.1, 0.15) is 12.4 Å². The molecular weight excluding hydrogens is 458 g/mol. The molecule has 4 rings (SSSR count). The Hall–Kier alpha value is -2.61. The molecule has 3 atom stereocenters. The molecule has 0 aromatic heterocycles. The van der Waals surface area contributed by atoms with Gasteiger partial charge >= 0.3 is 0 Å². The van der Waals surface area contributed by atoms with Crippen LogP contribution in [0.4, 0.5) is 5.69 Å². The molecule has 0 unspecified atom stereocenters. The summed E-state index contributed by atoms with van der Waals surface area (Å²) in [5.74, 6) is 0.620. The maximum Gasteiger partial charge on any atom is 0.257 e. The first-order valence-electron chi connectivity index (χ1n) is 13.4. The zero-order chi connectivity index (χ0) is 25.8. The molecule has 0 saturated heterocycles. The van der Waals surface area contributed by atoms with Crippen molar-refractivity contribution in [1.29, 1.82) is 0 Å². The third kappa shape index (κ3) is 6.20. The zero-order valence-electron chi connectivity index (χ0n) is 22.1. The molecule has 1 heterocycles. The van der Waals surface area contributed by atoms with Gasteiger partial charge in [-0.15, -0.1) is 0 Å². The normalized spacial score (nSPS) is 26.3. The molecule has 2 fully saturated rings. The third-order valence-corrected chi connectivity index (χ3v) is 7.90. The molecule has 8 nitrogen and oxygen atoms in total. The number of rotatable bonds is 4. The molecule has 0 spiro atoms. The molecule has 1 aliphatic heterocycles. The number of hydrogen-bond donors (Lipinski definition) is 1. The van der Waals surface area contributed by atoms with Gasteiger partial charge in [-0.3, -0.25) is 14.4 Å². The number of nitrogens with one attached hydrogen (secondary N) is 1. The van der Waals surface area contributed by atoms with Crippen LogP contribution in [0.3, 0.4) is 0 Å². The molecule has 8 heteroatoms. The molecule has 1 aromatic rings. The number of anilines is 1. The van der Waals surface area contributed by atoms with Crippen LogP contribution in [0.1, 0.15) is 69.2 Å². The fraction of sp³-hybridized carbons (Fsp3) is 0.679. The second kappa shape index (κ2) is 11.6. The monoisotopic (exact) mass is 499 g/mol. The minimum Gasteiger partial charge on any atom is -0.491 e. The number of nitrogens with zero attached hydrogens (tertiary/aromatic N) is 2. The SMILES string of the molecule is CO[C@@H]1CN(C)C(=O)c2cc(NC(=O)C3CC3)ccc2OC[C@H](C)N(C(=O)C2CCCCC2)C[C@@H]1C. The van der Waals surface area contributed by atoms with Crippen molar-refractivity contribution < 1.29 is 23.9 Å². The predicted molar refractivity (Wildman–Crippen MR) is 138 cm³/mol. The minimum atomic E-state index is -0.227. The van der Waals surface area contributed by atoms with Gasteiger partial charge in [0.15, 0.2) is 0 Å². The van der Waals surface area contributed by atoms with Gasteiger partial charge < -0.3 is 24.6 Å². The molecular formula is C28H41N3O5. The Labute approximate surface area is 214 Å². The fourth-order valence-electron chi connectivity index (χ4n) is 5.34. The lowest BCUT2D eigenvalue weighted by Crippen LogP contribution is -2.50. The van der Waals surface area contributed by atoms with Crippen molar-refractivity contribution in [2.45, 2.75) is 70.9 Å². The second-order valence-corrected chi connectivity index (χ2v) is 10.9. The number of methoxy groups -OCH3 is 1. The maximum atomic E-state index is 13.6. The zero-order valence-corrected chi connectivity index (χ0v) is 22.1. The van der Waals surface area contributed by atoms with E-state index in [0.29, 0.717) is 30.1 Å². The molecule has 36 heavy (non-hydrogen) atoms. The van der Waals surface area contributed by atoms with Crippen molar-refractivity contribution in [3.05, 3.63) is 23.8 Å². The Kier molecular flexibility index (Phi) is 8.54. The topological polar surface area (TPSA) is 88.2 Å². The van der Waals surface area contributed by atoms with E-state index in [1.807, 2.05) is 11.8 Å². The number of benzene rings is 1. The number of hydrogen-bond acceptors (Lipinski definition) is 5. The summed E-state index contributed by atoms with van der Waals surface area (Å²) in [6.07, 6.45) is 6.88. The van der Waals surface area contributed by atoms with Crippen LogP contribution < -0.4 is 10.1 Å². The molecule has 198 valence electrons. The molecule has 3 aliphatic rings. The number of likely N-dealkylation sites (N-methyl/N-ethyl adjacent to an activating group) is 1. The van der Waals surface area contributed by atoms with Crippen molar-refractivity contribution in [2.75, 3.05) is 39.2 Å². The van der Waals surface area contributed by atoms with Crippen molar-refractivity contribution in [1.82, 2.24) is 9.80 Å². The van der Waals surface area contributed by atoms with Crippen LogP contribution in [0.15, 0.2) is 18.2 Å². The van der Waals surface area contributed by atoms with Gasteiger partial charge in [-0.2, -0.15) is 0 Å². The summed E-state index contributed by atoms with van der Waals surface area (Å²) in [4.78, 5) is 43.0. The highest BCUT2D eigenvalue weighted by molar-refractivity contribution is 6.00. The van der Waals surface area contributed by atoms with Gasteiger partial charge in [0.05, 0.1) is 17.7 Å². The van der Waals surface area contributed by atoms with E-state index in [2.05, 4.69) is 12.2 Å². The number of carbonyl (C=O) groups excluding carboxylic acids is 3. The lowest BCUT2D eigenvalue weighted by Gasteiger charge is -2.38. The summed E-state index contributed by atoms with van der Waals surface area (Å²) in [6.45, 7) is 5.31. The number of amides is 3. The van der Waals surface area contributed by atoms with E-state index in [0.717, 1.165) is 38.5 Å². The molecule has 2 aliphatic carbocycles. The Morgan fingerprint density at radius 2 is 1.75 bits per heavy atom. The average Bonchev–Trinajstić information content (AvgIpc) is 3.74. The van der Waals surface area contributed by atoms with Crippen molar-refractivity contribution >= 4 is 23.4 Å². The van der Waals surface area contributed by atoms with Crippen molar-refractivity contribution in [3.8, 4) is 5.75 Å². The second-order valence-electron chi connectivity index (χ2n) is 10.9. The number of fused-ring (bicyclic) bond motifs is 1. The first-order chi connectivity index (χ1) is 17.3. The van der Waals surface area contributed by atoms with E-state index in [9.17, 15) is 14.4 Å². The summed E-state index contributed by atoms with van der Waals surface area (Å²) in [5.41, 5.74) is 0.980. The number of carbonyl (C=O) groups is 3. The van der Waals surface area contributed by atoms with Crippen molar-refractivity contribution in [2.24, 2.45) is 17.8 Å². The first kappa shape index (κ1) is 26.5. The quantitative estimate of drug-likeness (QED) is 0.678. The molecule has 0 bridgehead atoms. The Balaban J connectivity index is 1.61. The summed E-state index contributed by atoms with van der Waals surface area (Å²) in [6, 6.07) is 5.05. The van der Waals surface area contributed by atoms with Gasteiger partial charge in [0.25, 0.3) is 5.91 Å². The van der Waals surface area contributed by atoms with Crippen LogP contribution in [0.2, 0.25) is 0 Å². The molecule has 3 amide bonds. The largest absolute Gasteiger partial charge is 0.491 e. The highest BCUT2D eigenvalue weighted by Crippen LogP contribution is 2.32. The Bertz CT molecular complexity index is 957. The predicted octanol–water partition coefficient (Wildman–Crippen LogP) is 3.95. The standard InChI is InChI=1S/C28H41N3O5/c1-18-15-31(27(33)21-8-6-5-7-9-21)19(2)17-36-24-13-12-22(29-26(32)20-10-11-20)14-23(24)28(34)30(3)16-25(18)35-4/h12-14,18-21,25H,5-11,15-17H2,1-4H3,(H,29,32)/t18-,19-,25+/m0/s1. The smallest absolute Gasteiger partial charge is 0.257 e. The molecule has 1 aromatic carbocycles. The summed E-state index contributed by atoms with van der Waals surface area (Å²) < 4.78 is 12.0. The highest BCUT2D eigenvalue weighted by Gasteiger charge is 2.34. The molecule has 2 saturated carbocycles. The summed E-state index contributed by atoms with van der Waals surface area (Å²) >= 11 is 0. The molecule has 1 N–H and O–H groups in total. The summed E-state index contributed by atoms with van der Waals surface area (Å²) in [7, 11) is 3.41. The third-order valence-electron chi connectivity index (χ3n) is 7.90. The highest BCUT2D eigenvalue weighted by atomic mass is 16.5. The van der Waals surface area contributed by atoms with Crippen LogP contribution in [-0.4, -0.2) is 73.5 Å². The first-order valence-corrected chi connectivity index (χ1v) is 13.4. The lowest BCUT2D eigenvalue weighted by atomic mass is 9.87. The maximum absolute atomic E-state index is 13.6. The van der Waals surface area contributed by atoms with Crippen LogP contribution >= 0.6 is 0 Å². The van der Waals surface area contributed by atoms with E-state index < -0.39 is 0 Å². The van der Waals surface area contributed by atoms with Gasteiger partial charge in [-0.25, -0.2) is 0 Å². The Morgan fingerprint density at radius 1 is 1.03 bits per heavy atom. The van der Waals surface area contributed by atoms with E-state index in [4.69, 9.17) is 9.47 Å². The Morgan fingerprint density at radius 3 is 2.42 bits per heavy atom. The summed E-state index contributed by atoms with van der Waals surface area (Å²) in [5, 5.41) is 2.93. The van der Waals surface area contributed by atoms with Crippen LogP contribution in [0, 0.1) is 17.8 Å². The van der Waals surface area contributed by atoms with E-state index in [1.165, 1.54) is 6.42 Å². The van der Waals surface area contributed by atoms with Crippen molar-refractivity contribution in [3.63, 3.8) is 0 Å². The minimum absolute atomic E-state index is 0.0106. The van der Waals surface area contributed by atoms with Gasteiger partial charge in [-0.1, -0.05) is 26.2 Å². The van der Waals surface area contributed by atoms with Gasteiger partial charge in [0, 0.05) is 50.7 Å². The molecule has 0 radical (unpaired) electrons. The number of ether oxygens (including phenoxy) is 2.